The molecule has 1 saturated carbocycles. The lowest BCUT2D eigenvalue weighted by Crippen LogP contribution is -2.48. The maximum absolute atomic E-state index is 6.00. The molecule has 3 atom stereocenters. The van der Waals surface area contributed by atoms with Crippen LogP contribution < -0.4 is 10.5 Å². The van der Waals surface area contributed by atoms with Crippen LogP contribution in [0.3, 0.4) is 0 Å². The van der Waals surface area contributed by atoms with E-state index in [1.54, 1.807) is 6.20 Å². The summed E-state index contributed by atoms with van der Waals surface area (Å²) in [4.78, 5) is 6.96. The Labute approximate surface area is 172 Å². The average molecular weight is 398 g/mol. The summed E-state index contributed by atoms with van der Waals surface area (Å²) in [5, 5.41) is 4.95. The molecular formula is C22H31N5O2. The summed E-state index contributed by atoms with van der Waals surface area (Å²) in [5.41, 5.74) is 9.26. The van der Waals surface area contributed by atoms with Gasteiger partial charge in [-0.15, -0.1) is 0 Å². The molecule has 0 radical (unpaired) electrons. The number of pyridine rings is 1. The number of aromatic nitrogens is 3. The number of likely N-dealkylation sites (tertiary alicyclic amines) is 1. The van der Waals surface area contributed by atoms with Crippen molar-refractivity contribution in [2.45, 2.75) is 51.8 Å². The van der Waals surface area contributed by atoms with Gasteiger partial charge in [0.2, 0.25) is 0 Å². The summed E-state index contributed by atoms with van der Waals surface area (Å²) in [6.45, 7) is 12.6. The van der Waals surface area contributed by atoms with Crippen LogP contribution >= 0.6 is 0 Å². The average Bonchev–Trinajstić information content (AvgIpc) is 2.96. The Morgan fingerprint density at radius 2 is 1.86 bits per heavy atom. The lowest BCUT2D eigenvalue weighted by atomic mass is 10.1. The lowest BCUT2D eigenvalue weighted by molar-refractivity contribution is -0.0610. The Morgan fingerprint density at radius 3 is 2.45 bits per heavy atom. The topological polar surface area (TPSA) is 78.4 Å². The van der Waals surface area contributed by atoms with Crippen LogP contribution in [0.2, 0.25) is 0 Å². The fraction of sp³-hybridized carbons (Fsp3) is 0.636. The second-order valence-electron chi connectivity index (χ2n) is 9.27. The van der Waals surface area contributed by atoms with Crippen LogP contribution in [-0.4, -0.2) is 58.1 Å². The highest BCUT2D eigenvalue weighted by Crippen LogP contribution is 2.59. The Morgan fingerprint density at radius 1 is 1.14 bits per heavy atom. The normalized spacial score (nSPS) is 26.8. The van der Waals surface area contributed by atoms with Gasteiger partial charge in [-0.2, -0.15) is 5.10 Å². The first kappa shape index (κ1) is 18.9. The van der Waals surface area contributed by atoms with Crippen molar-refractivity contribution in [3.05, 3.63) is 24.0 Å². The van der Waals surface area contributed by atoms with Gasteiger partial charge in [0.1, 0.15) is 0 Å². The molecule has 2 N–H and O–H groups in total. The van der Waals surface area contributed by atoms with Gasteiger partial charge in [-0.1, -0.05) is 0 Å². The first-order valence-electron chi connectivity index (χ1n) is 10.8. The van der Waals surface area contributed by atoms with Crippen molar-refractivity contribution in [2.75, 3.05) is 32.0 Å². The van der Waals surface area contributed by atoms with E-state index in [4.69, 9.17) is 20.3 Å². The molecule has 0 amide bonds. The summed E-state index contributed by atoms with van der Waals surface area (Å²) >= 11 is 0. The number of nitrogen functional groups attached to an aromatic ring is 1. The van der Waals surface area contributed by atoms with Gasteiger partial charge in [0.25, 0.3) is 0 Å². The molecule has 0 unspecified atom stereocenters. The zero-order valence-corrected chi connectivity index (χ0v) is 17.7. The maximum atomic E-state index is 6.00. The van der Waals surface area contributed by atoms with Crippen LogP contribution in [0.15, 0.2) is 18.3 Å². The molecule has 3 aliphatic rings. The minimum absolute atomic E-state index is 0.0491. The molecule has 2 aliphatic heterocycles. The van der Waals surface area contributed by atoms with Crippen molar-refractivity contribution in [1.82, 2.24) is 19.7 Å². The Kier molecular flexibility index (Phi) is 4.55. The molecule has 1 aliphatic carbocycles. The number of fused-ring (bicyclic) bond motifs is 1. The number of hydrogen-bond acceptors (Lipinski definition) is 6. The monoisotopic (exact) mass is 397 g/mol. The molecule has 2 saturated heterocycles. The number of nitrogens with two attached hydrogens (primary N) is 1. The molecule has 3 fully saturated rings. The Balaban J connectivity index is 1.40. The van der Waals surface area contributed by atoms with Crippen LogP contribution in [0.5, 0.6) is 5.75 Å². The molecule has 2 aromatic heterocycles. The van der Waals surface area contributed by atoms with E-state index in [1.807, 2.05) is 19.9 Å². The van der Waals surface area contributed by atoms with E-state index in [9.17, 15) is 0 Å². The molecule has 5 rings (SSSR count). The minimum Gasteiger partial charge on any atom is -0.487 e. The first-order valence-corrected chi connectivity index (χ1v) is 10.8. The number of hydrogen-bond donors (Lipinski definition) is 1. The van der Waals surface area contributed by atoms with Crippen LogP contribution in [0.4, 0.5) is 5.82 Å². The highest BCUT2D eigenvalue weighted by atomic mass is 16.5. The zero-order valence-electron chi connectivity index (χ0n) is 17.7. The van der Waals surface area contributed by atoms with Crippen molar-refractivity contribution in [2.24, 2.45) is 11.8 Å². The molecule has 0 aromatic carbocycles. The summed E-state index contributed by atoms with van der Waals surface area (Å²) < 4.78 is 13.4. The summed E-state index contributed by atoms with van der Waals surface area (Å²) in [6, 6.07) is 5.19. The standard InChI is InChI=1S/C22H31N5O2/c1-12(2)27-19(21-16-8-26(9-17(16)21)15-10-28-11-15)6-18(25-27)14-5-20(29-13(3)4)22(23)24-7-14/h5-7,12-13,15-17,21H,8-11H2,1-4H3,(H2,23,24)/t16-,17+,21-. The number of anilines is 1. The Bertz CT molecular complexity index is 893. The van der Waals surface area contributed by atoms with Crippen LogP contribution in [0.1, 0.15) is 45.3 Å². The maximum Gasteiger partial charge on any atom is 0.166 e. The van der Waals surface area contributed by atoms with Crippen molar-refractivity contribution in [1.29, 1.82) is 0 Å². The van der Waals surface area contributed by atoms with Gasteiger partial charge in [0.05, 0.1) is 31.1 Å². The van der Waals surface area contributed by atoms with E-state index in [0.717, 1.165) is 36.3 Å². The fourth-order valence-electron chi connectivity index (χ4n) is 4.89. The minimum atomic E-state index is 0.0491. The second-order valence-corrected chi connectivity index (χ2v) is 9.27. The van der Waals surface area contributed by atoms with Crippen molar-refractivity contribution >= 4 is 5.82 Å². The lowest BCUT2D eigenvalue weighted by Gasteiger charge is -2.35. The summed E-state index contributed by atoms with van der Waals surface area (Å²) in [6.07, 6.45) is 1.85. The van der Waals surface area contributed by atoms with Gasteiger partial charge in [-0.25, -0.2) is 4.98 Å². The molecule has 7 nitrogen and oxygen atoms in total. The fourth-order valence-corrected chi connectivity index (χ4v) is 4.89. The van der Waals surface area contributed by atoms with Crippen molar-refractivity contribution < 1.29 is 9.47 Å². The molecule has 156 valence electrons. The third kappa shape index (κ3) is 3.30. The van der Waals surface area contributed by atoms with Crippen molar-refractivity contribution in [3.8, 4) is 17.0 Å². The SMILES string of the molecule is CC(C)Oc1cc(-c2cc([C@@H]3[C@@H]4CN(C5COC5)C[C@@H]43)n(C(C)C)n2)cnc1N. The van der Waals surface area contributed by atoms with E-state index >= 15 is 0 Å². The largest absolute Gasteiger partial charge is 0.487 e. The van der Waals surface area contributed by atoms with Gasteiger partial charge in [-0.3, -0.25) is 9.58 Å². The van der Waals surface area contributed by atoms with E-state index in [2.05, 4.69) is 34.5 Å². The van der Waals surface area contributed by atoms with E-state index in [1.165, 1.54) is 18.8 Å². The molecular weight excluding hydrogens is 366 g/mol. The van der Waals surface area contributed by atoms with Crippen LogP contribution in [0, 0.1) is 11.8 Å². The highest BCUT2D eigenvalue weighted by Gasteiger charge is 2.58. The van der Waals surface area contributed by atoms with Gasteiger partial charge in [0, 0.05) is 42.5 Å². The third-order valence-electron chi connectivity index (χ3n) is 6.49. The van der Waals surface area contributed by atoms with Crippen LogP contribution in [0.25, 0.3) is 11.3 Å². The third-order valence-corrected chi connectivity index (χ3v) is 6.49. The summed E-state index contributed by atoms with van der Waals surface area (Å²) in [5.74, 6) is 3.16. The van der Waals surface area contributed by atoms with E-state index in [0.29, 0.717) is 29.6 Å². The van der Waals surface area contributed by atoms with E-state index in [-0.39, 0.29) is 6.10 Å². The van der Waals surface area contributed by atoms with Gasteiger partial charge >= 0.3 is 0 Å². The summed E-state index contributed by atoms with van der Waals surface area (Å²) in [7, 11) is 0. The van der Waals surface area contributed by atoms with E-state index < -0.39 is 0 Å². The Hall–Kier alpha value is -2.12. The highest BCUT2D eigenvalue weighted by molar-refractivity contribution is 5.64. The molecule has 2 aromatic rings. The quantitative estimate of drug-likeness (QED) is 0.807. The second kappa shape index (κ2) is 6.99. The van der Waals surface area contributed by atoms with Gasteiger partial charge < -0.3 is 15.2 Å². The number of ether oxygens (including phenoxy) is 2. The zero-order chi connectivity index (χ0) is 20.3. The van der Waals surface area contributed by atoms with Gasteiger partial charge in [0.15, 0.2) is 11.6 Å². The molecule has 0 bridgehead atoms. The van der Waals surface area contributed by atoms with Crippen LogP contribution in [-0.2, 0) is 4.74 Å². The molecule has 0 spiro atoms. The molecule has 4 heterocycles. The number of piperidine rings is 1. The first-order chi connectivity index (χ1) is 13.9. The predicted octanol–water partition coefficient (Wildman–Crippen LogP) is 2.94. The number of rotatable bonds is 6. The number of nitrogens with zero attached hydrogens (tertiary/aromatic N) is 4. The predicted molar refractivity (Wildman–Crippen MR) is 112 cm³/mol. The smallest absolute Gasteiger partial charge is 0.166 e. The van der Waals surface area contributed by atoms with Crippen molar-refractivity contribution in [3.63, 3.8) is 0 Å². The van der Waals surface area contributed by atoms with Gasteiger partial charge in [-0.05, 0) is 51.7 Å². The molecule has 29 heavy (non-hydrogen) atoms. The molecule has 7 heteroatoms.